The summed E-state index contributed by atoms with van der Waals surface area (Å²) in [7, 11) is 0. The van der Waals surface area contributed by atoms with Crippen molar-refractivity contribution in [2.45, 2.75) is 19.8 Å². The average Bonchev–Trinajstić information content (AvgIpc) is 2.42. The third-order valence-corrected chi connectivity index (χ3v) is 3.03. The second-order valence-electron chi connectivity index (χ2n) is 4.66. The van der Waals surface area contributed by atoms with Crippen LogP contribution < -0.4 is 11.1 Å². The molecule has 0 aromatic heterocycles. The fourth-order valence-electron chi connectivity index (χ4n) is 1.74. The van der Waals surface area contributed by atoms with Gasteiger partial charge in [-0.3, -0.25) is 19.7 Å². The minimum atomic E-state index is -0.878. The van der Waals surface area contributed by atoms with Gasteiger partial charge in [0.2, 0.25) is 5.91 Å². The first-order valence-electron chi connectivity index (χ1n) is 6.38. The lowest BCUT2D eigenvalue weighted by Crippen LogP contribution is -2.14. The van der Waals surface area contributed by atoms with Crippen molar-refractivity contribution in [3.05, 3.63) is 33.9 Å². The molecule has 0 bridgehead atoms. The van der Waals surface area contributed by atoms with Crippen molar-refractivity contribution in [1.29, 1.82) is 0 Å². The highest BCUT2D eigenvalue weighted by Crippen LogP contribution is 2.25. The number of hydrogen-bond donors (Lipinski definition) is 3. The van der Waals surface area contributed by atoms with E-state index in [2.05, 4.69) is 5.32 Å². The van der Waals surface area contributed by atoms with Crippen LogP contribution in [0.4, 0.5) is 11.4 Å². The molecule has 0 aliphatic rings. The number of amides is 1. The Kier molecular flexibility index (Phi) is 5.65. The number of carbonyl (C=O) groups excluding carboxylic acids is 1. The molecule has 1 unspecified atom stereocenters. The lowest BCUT2D eigenvalue weighted by Gasteiger charge is -2.09. The van der Waals surface area contributed by atoms with E-state index in [0.717, 1.165) is 0 Å². The third kappa shape index (κ3) is 4.75. The van der Waals surface area contributed by atoms with Crippen LogP contribution in [0.3, 0.4) is 0 Å². The molecule has 1 aromatic rings. The zero-order valence-corrected chi connectivity index (χ0v) is 11.5. The second kappa shape index (κ2) is 7.22. The summed E-state index contributed by atoms with van der Waals surface area (Å²) in [5, 5.41) is 22.5. The molecule has 114 valence electrons. The number of primary amides is 1. The molecule has 0 saturated heterocycles. The zero-order valence-electron chi connectivity index (χ0n) is 11.5. The molecule has 8 nitrogen and oxygen atoms in total. The molecule has 0 aliphatic carbocycles. The van der Waals surface area contributed by atoms with Crippen LogP contribution in [0.5, 0.6) is 0 Å². The van der Waals surface area contributed by atoms with Crippen molar-refractivity contribution in [2.24, 2.45) is 11.7 Å². The molecule has 8 heteroatoms. The van der Waals surface area contributed by atoms with Gasteiger partial charge in [0.25, 0.3) is 5.69 Å². The van der Waals surface area contributed by atoms with Gasteiger partial charge in [0.1, 0.15) is 5.69 Å². The number of carbonyl (C=O) groups is 2. The minimum Gasteiger partial charge on any atom is -0.481 e. The predicted molar refractivity (Wildman–Crippen MR) is 76.1 cm³/mol. The molecular weight excluding hydrogens is 278 g/mol. The Hall–Kier alpha value is -2.64. The summed E-state index contributed by atoms with van der Waals surface area (Å²) in [5.41, 5.74) is 5.34. The third-order valence-electron chi connectivity index (χ3n) is 3.03. The van der Waals surface area contributed by atoms with Crippen LogP contribution in [-0.4, -0.2) is 28.5 Å². The van der Waals surface area contributed by atoms with Crippen LogP contribution >= 0.6 is 0 Å². The fraction of sp³-hybridized carbons (Fsp3) is 0.385. The van der Waals surface area contributed by atoms with Crippen LogP contribution in [0.15, 0.2) is 18.2 Å². The summed E-state index contributed by atoms with van der Waals surface area (Å²) in [6, 6.07) is 3.82. The van der Waals surface area contributed by atoms with Crippen molar-refractivity contribution >= 4 is 23.3 Å². The summed E-state index contributed by atoms with van der Waals surface area (Å²) in [4.78, 5) is 32.1. The largest absolute Gasteiger partial charge is 0.481 e. The van der Waals surface area contributed by atoms with E-state index < -0.39 is 22.7 Å². The zero-order chi connectivity index (χ0) is 16.0. The van der Waals surface area contributed by atoms with Gasteiger partial charge in [-0.1, -0.05) is 6.92 Å². The van der Waals surface area contributed by atoms with Gasteiger partial charge in [-0.25, -0.2) is 0 Å². The lowest BCUT2D eigenvalue weighted by molar-refractivity contribution is -0.384. The number of nitrogens with two attached hydrogens (primary N) is 1. The van der Waals surface area contributed by atoms with Crippen LogP contribution in [0.1, 0.15) is 30.1 Å². The lowest BCUT2D eigenvalue weighted by atomic mass is 10.1. The Morgan fingerprint density at radius 2 is 2.14 bits per heavy atom. The Bertz CT molecular complexity index is 559. The Morgan fingerprint density at radius 1 is 1.48 bits per heavy atom. The molecular formula is C13H17N3O5. The maximum atomic E-state index is 11.1. The first kappa shape index (κ1) is 16.4. The molecule has 0 saturated carbocycles. The summed E-state index contributed by atoms with van der Waals surface area (Å²) in [5.74, 6) is -2.03. The molecule has 1 atom stereocenters. The van der Waals surface area contributed by atoms with E-state index in [-0.39, 0.29) is 16.9 Å². The molecule has 0 fully saturated rings. The Morgan fingerprint density at radius 3 is 2.67 bits per heavy atom. The number of nitrogens with zero attached hydrogens (tertiary/aromatic N) is 1. The topological polar surface area (TPSA) is 136 Å². The first-order valence-corrected chi connectivity index (χ1v) is 6.38. The second-order valence-corrected chi connectivity index (χ2v) is 4.66. The standard InChI is InChI=1S/C13H17N3O5/c1-8(13(18)19)3-2-6-15-10-7-9(12(14)17)4-5-11(10)16(20)21/h4-5,7-8,15H,2-3,6H2,1H3,(H2,14,17)(H,18,19). The summed E-state index contributed by atoms with van der Waals surface area (Å²) >= 11 is 0. The molecule has 0 aliphatic heterocycles. The van der Waals surface area contributed by atoms with Crippen molar-refractivity contribution in [2.75, 3.05) is 11.9 Å². The molecule has 1 rings (SSSR count). The fourth-order valence-corrected chi connectivity index (χ4v) is 1.74. The number of hydrogen-bond acceptors (Lipinski definition) is 5. The number of nitrogens with one attached hydrogen (secondary N) is 1. The number of benzene rings is 1. The molecule has 1 amide bonds. The monoisotopic (exact) mass is 295 g/mol. The van der Waals surface area contributed by atoms with Crippen molar-refractivity contribution < 1.29 is 19.6 Å². The van der Waals surface area contributed by atoms with Crippen LogP contribution in [-0.2, 0) is 4.79 Å². The van der Waals surface area contributed by atoms with Crippen LogP contribution in [0.25, 0.3) is 0 Å². The highest BCUT2D eigenvalue weighted by Gasteiger charge is 2.16. The van der Waals surface area contributed by atoms with Crippen LogP contribution in [0.2, 0.25) is 0 Å². The van der Waals surface area contributed by atoms with Crippen molar-refractivity contribution in [1.82, 2.24) is 0 Å². The molecule has 0 spiro atoms. The Labute approximate surface area is 121 Å². The SMILES string of the molecule is CC(CCCNc1cc(C(N)=O)ccc1[N+](=O)[O-])C(=O)O. The van der Waals surface area contributed by atoms with Gasteiger partial charge in [0.15, 0.2) is 0 Å². The smallest absolute Gasteiger partial charge is 0.306 e. The minimum absolute atomic E-state index is 0.161. The van der Waals surface area contributed by atoms with Gasteiger partial charge in [-0.05, 0) is 25.0 Å². The highest BCUT2D eigenvalue weighted by atomic mass is 16.6. The quantitative estimate of drug-likeness (QED) is 0.378. The maximum Gasteiger partial charge on any atom is 0.306 e. The number of nitro benzene ring substituents is 1. The van der Waals surface area contributed by atoms with Gasteiger partial charge in [-0.15, -0.1) is 0 Å². The van der Waals surface area contributed by atoms with Crippen molar-refractivity contribution in [3.63, 3.8) is 0 Å². The predicted octanol–water partition coefficient (Wildman–Crippen LogP) is 1.61. The molecule has 1 aromatic carbocycles. The van der Waals surface area contributed by atoms with E-state index in [1.807, 2.05) is 0 Å². The number of carboxylic acid groups (broad SMARTS) is 1. The number of nitro groups is 1. The van der Waals surface area contributed by atoms with Crippen LogP contribution in [0, 0.1) is 16.0 Å². The number of carboxylic acids is 1. The van der Waals surface area contributed by atoms with Gasteiger partial charge in [0.05, 0.1) is 10.8 Å². The number of anilines is 1. The average molecular weight is 295 g/mol. The first-order chi connectivity index (χ1) is 9.82. The van der Waals surface area contributed by atoms with E-state index in [1.165, 1.54) is 18.2 Å². The van der Waals surface area contributed by atoms with Gasteiger partial charge in [-0.2, -0.15) is 0 Å². The molecule has 21 heavy (non-hydrogen) atoms. The number of rotatable bonds is 8. The Balaban J connectivity index is 2.72. The maximum absolute atomic E-state index is 11.1. The van der Waals surface area contributed by atoms with E-state index in [1.54, 1.807) is 6.92 Å². The molecule has 0 radical (unpaired) electrons. The van der Waals surface area contributed by atoms with E-state index in [9.17, 15) is 19.7 Å². The number of aliphatic carboxylic acids is 1. The van der Waals surface area contributed by atoms with E-state index in [0.29, 0.717) is 19.4 Å². The summed E-state index contributed by atoms with van der Waals surface area (Å²) in [6.07, 6.45) is 0.983. The van der Waals surface area contributed by atoms with Gasteiger partial charge >= 0.3 is 5.97 Å². The summed E-state index contributed by atoms with van der Waals surface area (Å²) in [6.45, 7) is 1.96. The summed E-state index contributed by atoms with van der Waals surface area (Å²) < 4.78 is 0. The van der Waals surface area contributed by atoms with E-state index >= 15 is 0 Å². The van der Waals surface area contributed by atoms with Gasteiger partial charge in [0, 0.05) is 18.2 Å². The van der Waals surface area contributed by atoms with Gasteiger partial charge < -0.3 is 16.2 Å². The van der Waals surface area contributed by atoms with Crippen molar-refractivity contribution in [3.8, 4) is 0 Å². The normalized spacial score (nSPS) is 11.7. The molecule has 4 N–H and O–H groups in total. The van der Waals surface area contributed by atoms with E-state index in [4.69, 9.17) is 10.8 Å². The highest BCUT2D eigenvalue weighted by molar-refractivity contribution is 5.94. The molecule has 0 heterocycles.